The van der Waals surface area contributed by atoms with Crippen LogP contribution in [0.2, 0.25) is 0 Å². The molecule has 0 aliphatic carbocycles. The molecule has 0 aromatic heterocycles. The van der Waals surface area contributed by atoms with Crippen molar-refractivity contribution in [3.63, 3.8) is 0 Å². The van der Waals surface area contributed by atoms with Crippen LogP contribution in [-0.2, 0) is 0 Å². The van der Waals surface area contributed by atoms with Crippen LogP contribution < -0.4 is 10.0 Å². The molecule has 0 radical (unpaired) electrons. The standard InChI is InChI=1S/C19H10N2O7/c22-15-7-4-9(8-13(15)19(25)26)20-17(23)11-3-1-2-10-14(21(27)28)6-5-12(16(10)11)18(20)24/h1-8,22H,(H,25,26)/p-1. The van der Waals surface area contributed by atoms with Crippen molar-refractivity contribution in [1.29, 1.82) is 0 Å². The number of hydrogen-bond acceptors (Lipinski definition) is 6. The molecule has 0 fully saturated rings. The van der Waals surface area contributed by atoms with Crippen LogP contribution >= 0.6 is 0 Å². The third-order valence-corrected chi connectivity index (χ3v) is 4.53. The lowest BCUT2D eigenvalue weighted by atomic mass is 9.92. The van der Waals surface area contributed by atoms with Crippen LogP contribution in [0, 0.1) is 10.1 Å². The number of carbonyl (C=O) groups excluding carboxylic acids is 2. The van der Waals surface area contributed by atoms with E-state index in [9.17, 15) is 29.6 Å². The maximum Gasteiger partial charge on any atom is 0.335 e. The van der Waals surface area contributed by atoms with Crippen LogP contribution in [0.25, 0.3) is 10.8 Å². The first-order valence-electron chi connectivity index (χ1n) is 7.94. The lowest BCUT2D eigenvalue weighted by Gasteiger charge is -2.28. The fourth-order valence-electron chi connectivity index (χ4n) is 3.30. The number of aromatic carboxylic acids is 1. The molecule has 3 aromatic carbocycles. The van der Waals surface area contributed by atoms with Crippen LogP contribution in [0.3, 0.4) is 0 Å². The van der Waals surface area contributed by atoms with Gasteiger partial charge in [-0.1, -0.05) is 17.9 Å². The molecule has 0 spiro atoms. The van der Waals surface area contributed by atoms with Gasteiger partial charge in [-0.25, -0.2) is 9.69 Å². The van der Waals surface area contributed by atoms with Crippen LogP contribution in [0.15, 0.2) is 48.5 Å². The number of imide groups is 1. The fourth-order valence-corrected chi connectivity index (χ4v) is 3.30. The van der Waals surface area contributed by atoms with Gasteiger partial charge in [0.15, 0.2) is 0 Å². The number of nitro groups is 1. The monoisotopic (exact) mass is 377 g/mol. The van der Waals surface area contributed by atoms with E-state index in [4.69, 9.17) is 5.11 Å². The van der Waals surface area contributed by atoms with Gasteiger partial charge in [-0.05, 0) is 30.3 Å². The Bertz CT molecular complexity index is 1210. The Hall–Kier alpha value is -4.27. The summed E-state index contributed by atoms with van der Waals surface area (Å²) in [7, 11) is 0. The van der Waals surface area contributed by atoms with Gasteiger partial charge >= 0.3 is 5.97 Å². The normalized spacial score (nSPS) is 13.1. The maximum absolute atomic E-state index is 13.0. The quantitative estimate of drug-likeness (QED) is 0.419. The number of anilines is 1. The van der Waals surface area contributed by atoms with E-state index in [2.05, 4.69) is 0 Å². The fraction of sp³-hybridized carbons (Fsp3) is 0. The lowest BCUT2D eigenvalue weighted by Crippen LogP contribution is -2.40. The van der Waals surface area contributed by atoms with Crippen LogP contribution in [0.1, 0.15) is 31.1 Å². The van der Waals surface area contributed by atoms with Crippen molar-refractivity contribution in [3.8, 4) is 5.75 Å². The molecule has 1 aliphatic heterocycles. The third-order valence-electron chi connectivity index (χ3n) is 4.53. The van der Waals surface area contributed by atoms with E-state index < -0.39 is 34.0 Å². The number of nitrogens with zero attached hydrogens (tertiary/aromatic N) is 2. The summed E-state index contributed by atoms with van der Waals surface area (Å²) in [6, 6.07) is 9.87. The van der Waals surface area contributed by atoms with Gasteiger partial charge in [-0.2, -0.15) is 0 Å². The molecular formula is C19H9N2O7-. The molecule has 1 aliphatic rings. The molecule has 1 heterocycles. The SMILES string of the molecule is O=C(O)c1cc(N2C(=O)c3cccc4c([N+](=O)[O-])ccc(c34)C2=O)ccc1[O-]. The molecule has 0 atom stereocenters. The van der Waals surface area contributed by atoms with Crippen LogP contribution in [0.5, 0.6) is 5.75 Å². The molecule has 0 saturated carbocycles. The summed E-state index contributed by atoms with van der Waals surface area (Å²) >= 11 is 0. The van der Waals surface area contributed by atoms with E-state index in [1.165, 1.54) is 36.4 Å². The van der Waals surface area contributed by atoms with Gasteiger partial charge in [0, 0.05) is 22.6 Å². The predicted octanol–water partition coefficient (Wildman–Crippen LogP) is 2.32. The van der Waals surface area contributed by atoms with Gasteiger partial charge in [0.2, 0.25) is 0 Å². The number of hydrogen-bond donors (Lipinski definition) is 1. The molecule has 2 amide bonds. The topological polar surface area (TPSA) is 141 Å². The van der Waals surface area contributed by atoms with Crippen molar-refractivity contribution in [2.24, 2.45) is 0 Å². The van der Waals surface area contributed by atoms with Crippen molar-refractivity contribution in [1.82, 2.24) is 0 Å². The molecule has 0 unspecified atom stereocenters. The summed E-state index contributed by atoms with van der Waals surface area (Å²) in [6.07, 6.45) is 0. The van der Waals surface area contributed by atoms with E-state index in [-0.39, 0.29) is 33.3 Å². The average Bonchev–Trinajstić information content (AvgIpc) is 2.66. The zero-order valence-corrected chi connectivity index (χ0v) is 13.9. The van der Waals surface area contributed by atoms with Gasteiger partial charge in [0.05, 0.1) is 21.6 Å². The van der Waals surface area contributed by atoms with E-state index in [1.54, 1.807) is 0 Å². The first-order chi connectivity index (χ1) is 13.3. The number of carboxylic acids is 1. The summed E-state index contributed by atoms with van der Waals surface area (Å²) in [5.74, 6) is -3.77. The van der Waals surface area contributed by atoms with Gasteiger partial charge in [0.1, 0.15) is 0 Å². The average molecular weight is 377 g/mol. The predicted molar refractivity (Wildman–Crippen MR) is 94.6 cm³/mol. The smallest absolute Gasteiger partial charge is 0.335 e. The second-order valence-corrected chi connectivity index (χ2v) is 6.05. The maximum atomic E-state index is 13.0. The first-order valence-corrected chi connectivity index (χ1v) is 7.94. The summed E-state index contributed by atoms with van der Waals surface area (Å²) in [5.41, 5.74) is -0.755. The number of amides is 2. The van der Waals surface area contributed by atoms with Crippen molar-refractivity contribution in [3.05, 3.63) is 75.3 Å². The van der Waals surface area contributed by atoms with E-state index >= 15 is 0 Å². The molecule has 4 rings (SSSR count). The minimum atomic E-state index is -1.48. The molecule has 1 N–H and O–H groups in total. The molecule has 0 bridgehead atoms. The number of nitro benzene ring substituents is 1. The highest BCUT2D eigenvalue weighted by molar-refractivity contribution is 6.36. The van der Waals surface area contributed by atoms with E-state index in [0.717, 1.165) is 17.0 Å². The Labute approximate surface area is 156 Å². The molecule has 9 nitrogen and oxygen atoms in total. The lowest BCUT2D eigenvalue weighted by molar-refractivity contribution is -0.383. The van der Waals surface area contributed by atoms with Crippen molar-refractivity contribution < 1.29 is 29.5 Å². The Morgan fingerprint density at radius 2 is 1.68 bits per heavy atom. The summed E-state index contributed by atoms with van der Waals surface area (Å²) < 4.78 is 0. The first kappa shape index (κ1) is 17.2. The van der Waals surface area contributed by atoms with Gasteiger partial charge in [-0.15, -0.1) is 0 Å². The molecular weight excluding hydrogens is 368 g/mol. The summed E-state index contributed by atoms with van der Waals surface area (Å²) in [5, 5.41) is 32.4. The number of carboxylic acid groups (broad SMARTS) is 1. The molecule has 9 heteroatoms. The van der Waals surface area contributed by atoms with Crippen molar-refractivity contribution >= 4 is 39.9 Å². The van der Waals surface area contributed by atoms with Gasteiger partial charge < -0.3 is 10.2 Å². The van der Waals surface area contributed by atoms with E-state index in [0.29, 0.717) is 0 Å². The Balaban J connectivity index is 1.96. The van der Waals surface area contributed by atoms with Crippen molar-refractivity contribution in [2.45, 2.75) is 0 Å². The number of benzene rings is 3. The molecule has 3 aromatic rings. The largest absolute Gasteiger partial charge is 0.872 e. The minimum absolute atomic E-state index is 0.0684. The molecule has 0 saturated heterocycles. The van der Waals surface area contributed by atoms with E-state index in [1.807, 2.05) is 0 Å². The second kappa shape index (κ2) is 5.88. The minimum Gasteiger partial charge on any atom is -0.872 e. The third kappa shape index (κ3) is 2.30. The summed E-state index contributed by atoms with van der Waals surface area (Å²) in [4.78, 5) is 48.6. The van der Waals surface area contributed by atoms with Crippen LogP contribution in [-0.4, -0.2) is 27.8 Å². The molecule has 138 valence electrons. The number of carbonyl (C=O) groups is 3. The second-order valence-electron chi connectivity index (χ2n) is 6.05. The highest BCUT2D eigenvalue weighted by atomic mass is 16.6. The Kier molecular flexibility index (Phi) is 3.60. The van der Waals surface area contributed by atoms with Gasteiger partial charge in [0.25, 0.3) is 17.5 Å². The number of non-ortho nitro benzene ring substituents is 1. The Morgan fingerprint density at radius 3 is 2.32 bits per heavy atom. The van der Waals surface area contributed by atoms with Gasteiger partial charge in [-0.3, -0.25) is 19.7 Å². The van der Waals surface area contributed by atoms with Crippen LogP contribution in [0.4, 0.5) is 11.4 Å². The number of rotatable bonds is 3. The summed E-state index contributed by atoms with van der Waals surface area (Å²) in [6.45, 7) is 0. The van der Waals surface area contributed by atoms with Crippen molar-refractivity contribution in [2.75, 3.05) is 4.90 Å². The highest BCUT2D eigenvalue weighted by Crippen LogP contribution is 2.37. The zero-order chi connectivity index (χ0) is 20.2. The molecule has 28 heavy (non-hydrogen) atoms. The zero-order valence-electron chi connectivity index (χ0n) is 13.9. The Morgan fingerprint density at radius 1 is 1.00 bits per heavy atom. The highest BCUT2D eigenvalue weighted by Gasteiger charge is 2.35.